The highest BCUT2D eigenvalue weighted by Crippen LogP contribution is 2.50. The Morgan fingerprint density at radius 3 is 1.74 bits per heavy atom. The van der Waals surface area contributed by atoms with Crippen molar-refractivity contribution in [2.75, 3.05) is 0 Å². The van der Waals surface area contributed by atoms with Gasteiger partial charge in [-0.15, -0.1) is 11.3 Å². The molecule has 0 bridgehead atoms. The minimum atomic E-state index is 0.683. The van der Waals surface area contributed by atoms with Gasteiger partial charge in [0.2, 0.25) is 5.95 Å². The molecule has 11 aromatic rings. The summed E-state index contributed by atoms with van der Waals surface area (Å²) in [6.45, 7) is 0. The second-order valence-corrected chi connectivity index (χ2v) is 14.3. The summed E-state index contributed by atoms with van der Waals surface area (Å²) >= 11 is 1.84. The summed E-state index contributed by atoms with van der Waals surface area (Å²) in [6, 6.07) is 55.1. The molecule has 0 radical (unpaired) electrons. The van der Waals surface area contributed by atoms with Crippen molar-refractivity contribution >= 4 is 85.8 Å². The average molecular weight is 652 g/mol. The second-order valence-electron chi connectivity index (χ2n) is 13.3. The van der Waals surface area contributed by atoms with E-state index in [1.807, 2.05) is 11.3 Å². The quantitative estimate of drug-likeness (QED) is 0.174. The Labute approximate surface area is 290 Å². The first kappa shape index (κ1) is 26.6. The molecule has 3 heterocycles. The Kier molecular flexibility index (Phi) is 5.12. The predicted molar refractivity (Wildman–Crippen MR) is 212 cm³/mol. The maximum absolute atomic E-state index is 5.63. The van der Waals surface area contributed by atoms with E-state index in [2.05, 4.69) is 156 Å². The fourth-order valence-electron chi connectivity index (χ4n) is 8.68. The first-order valence-electron chi connectivity index (χ1n) is 17.0. The summed E-state index contributed by atoms with van der Waals surface area (Å²) in [5.74, 6) is 0.683. The molecule has 0 aliphatic heterocycles. The van der Waals surface area contributed by atoms with Crippen molar-refractivity contribution in [1.82, 2.24) is 14.5 Å². The fraction of sp³-hybridized carbons (Fsp3) is 0. The Morgan fingerprint density at radius 1 is 0.400 bits per heavy atom. The number of aromatic nitrogens is 3. The summed E-state index contributed by atoms with van der Waals surface area (Å²) < 4.78 is 4.83. The van der Waals surface area contributed by atoms with Crippen molar-refractivity contribution in [2.45, 2.75) is 0 Å². The van der Waals surface area contributed by atoms with Crippen LogP contribution in [0.25, 0.3) is 114 Å². The Bertz CT molecular complexity index is 3180. The molecule has 12 rings (SSSR count). The molecule has 0 amide bonds. The fourth-order valence-corrected chi connectivity index (χ4v) is 9.90. The highest BCUT2D eigenvalue weighted by atomic mass is 32.1. The molecular formula is C46H25N3S. The summed E-state index contributed by atoms with van der Waals surface area (Å²) in [6.07, 6.45) is 0. The van der Waals surface area contributed by atoms with Crippen LogP contribution in [0.15, 0.2) is 152 Å². The van der Waals surface area contributed by atoms with Gasteiger partial charge >= 0.3 is 0 Å². The van der Waals surface area contributed by atoms with Crippen molar-refractivity contribution in [2.24, 2.45) is 0 Å². The van der Waals surface area contributed by atoms with E-state index in [1.165, 1.54) is 69.4 Å². The van der Waals surface area contributed by atoms with Crippen LogP contribution in [0.3, 0.4) is 0 Å². The number of hydrogen-bond acceptors (Lipinski definition) is 3. The molecule has 8 aromatic carbocycles. The van der Waals surface area contributed by atoms with Gasteiger partial charge in [-0.05, 0) is 68.1 Å². The normalized spacial score (nSPS) is 12.4. The van der Waals surface area contributed by atoms with Gasteiger partial charge in [-0.3, -0.25) is 4.57 Å². The highest BCUT2D eigenvalue weighted by molar-refractivity contribution is 7.26. The number of rotatable bonds is 2. The van der Waals surface area contributed by atoms with Crippen LogP contribution in [0.4, 0.5) is 0 Å². The van der Waals surface area contributed by atoms with Crippen LogP contribution in [0.2, 0.25) is 0 Å². The molecule has 0 unspecified atom stereocenters. The molecule has 0 saturated carbocycles. The third-order valence-corrected chi connectivity index (χ3v) is 12.0. The smallest absolute Gasteiger partial charge is 0.235 e. The zero-order valence-corrected chi connectivity index (χ0v) is 27.5. The third-order valence-electron chi connectivity index (χ3n) is 10.7. The summed E-state index contributed by atoms with van der Waals surface area (Å²) in [4.78, 5) is 11.0. The Hall–Kier alpha value is -6.36. The average Bonchev–Trinajstić information content (AvgIpc) is 3.69. The van der Waals surface area contributed by atoms with E-state index in [-0.39, 0.29) is 0 Å². The molecule has 3 nitrogen and oxygen atoms in total. The lowest BCUT2D eigenvalue weighted by molar-refractivity contribution is 1.02. The van der Waals surface area contributed by atoms with Gasteiger partial charge in [-0.2, -0.15) is 0 Å². The van der Waals surface area contributed by atoms with Crippen LogP contribution in [-0.2, 0) is 0 Å². The standard InChI is InChI=1S/C46H25N3S/c1-2-13-28-26(10-1)24-25-36-41(28)44(35-20-7-19-34-29-14-3-4-23-39(29)50-45(34)35)48-46(47-36)49-37-21-8-17-32-30-15-5-11-27-12-6-16-31(40(27)30)33-18-9-22-38(49)43(33)42(32)37/h1-25H. The molecule has 0 spiro atoms. The number of fused-ring (bicyclic) bond motifs is 8. The van der Waals surface area contributed by atoms with Crippen LogP contribution in [0, 0.1) is 0 Å². The van der Waals surface area contributed by atoms with Crippen LogP contribution in [0.5, 0.6) is 0 Å². The van der Waals surface area contributed by atoms with E-state index in [1.54, 1.807) is 0 Å². The van der Waals surface area contributed by atoms with Crippen LogP contribution in [-0.4, -0.2) is 14.5 Å². The molecule has 230 valence electrons. The van der Waals surface area contributed by atoms with E-state index in [4.69, 9.17) is 9.97 Å². The monoisotopic (exact) mass is 651 g/mol. The molecule has 1 aliphatic carbocycles. The lowest BCUT2D eigenvalue weighted by atomic mass is 9.93. The summed E-state index contributed by atoms with van der Waals surface area (Å²) in [7, 11) is 0. The van der Waals surface area contributed by atoms with Crippen LogP contribution >= 0.6 is 11.3 Å². The van der Waals surface area contributed by atoms with Gasteiger partial charge in [0, 0.05) is 41.9 Å². The van der Waals surface area contributed by atoms with Gasteiger partial charge in [0.25, 0.3) is 0 Å². The first-order valence-corrected chi connectivity index (χ1v) is 17.8. The first-order chi connectivity index (χ1) is 24.8. The van der Waals surface area contributed by atoms with Gasteiger partial charge in [0.05, 0.1) is 22.2 Å². The maximum atomic E-state index is 5.63. The molecule has 0 fully saturated rings. The SMILES string of the molecule is c1cc2c3c(cccc3c1)-c1cccc3c1c1c-2cccc1n3-c1nc(-c2cccc3c2sc2ccccc23)c2c(ccc3ccccc32)n1. The summed E-state index contributed by atoms with van der Waals surface area (Å²) in [5, 5.41) is 11.0. The van der Waals surface area contributed by atoms with E-state index in [9.17, 15) is 0 Å². The molecule has 4 heteroatoms. The van der Waals surface area contributed by atoms with Crippen molar-refractivity contribution < 1.29 is 0 Å². The highest BCUT2D eigenvalue weighted by Gasteiger charge is 2.26. The van der Waals surface area contributed by atoms with E-state index in [0.717, 1.165) is 38.6 Å². The number of thiophene rings is 1. The van der Waals surface area contributed by atoms with E-state index >= 15 is 0 Å². The lowest BCUT2D eigenvalue weighted by Crippen LogP contribution is -2.04. The Balaban J connectivity index is 1.25. The predicted octanol–water partition coefficient (Wildman–Crippen LogP) is 12.7. The van der Waals surface area contributed by atoms with Gasteiger partial charge in [-0.1, -0.05) is 127 Å². The molecule has 0 N–H and O–H groups in total. The van der Waals surface area contributed by atoms with Crippen molar-refractivity contribution in [1.29, 1.82) is 0 Å². The van der Waals surface area contributed by atoms with Gasteiger partial charge in [0.1, 0.15) is 0 Å². The van der Waals surface area contributed by atoms with Crippen LogP contribution < -0.4 is 0 Å². The zero-order chi connectivity index (χ0) is 32.5. The van der Waals surface area contributed by atoms with Crippen LogP contribution in [0.1, 0.15) is 0 Å². The maximum Gasteiger partial charge on any atom is 0.235 e. The molecule has 0 saturated heterocycles. The van der Waals surface area contributed by atoms with Crippen molar-refractivity contribution in [3.8, 4) is 39.5 Å². The van der Waals surface area contributed by atoms with Gasteiger partial charge in [-0.25, -0.2) is 9.97 Å². The molecule has 3 aromatic heterocycles. The minimum Gasteiger partial charge on any atom is -0.278 e. The molecule has 0 atom stereocenters. The molecule has 50 heavy (non-hydrogen) atoms. The topological polar surface area (TPSA) is 30.7 Å². The van der Waals surface area contributed by atoms with Gasteiger partial charge < -0.3 is 0 Å². The summed E-state index contributed by atoms with van der Waals surface area (Å²) in [5.41, 5.74) is 10.3. The Morgan fingerprint density at radius 2 is 0.980 bits per heavy atom. The minimum absolute atomic E-state index is 0.683. The van der Waals surface area contributed by atoms with Gasteiger partial charge in [0.15, 0.2) is 0 Å². The van der Waals surface area contributed by atoms with E-state index in [0.29, 0.717) is 5.95 Å². The number of nitrogens with zero attached hydrogens (tertiary/aromatic N) is 3. The molecule has 1 aliphatic rings. The lowest BCUT2D eigenvalue weighted by Gasteiger charge is -2.15. The molecular weight excluding hydrogens is 627 g/mol. The van der Waals surface area contributed by atoms with E-state index < -0.39 is 0 Å². The largest absolute Gasteiger partial charge is 0.278 e. The zero-order valence-electron chi connectivity index (χ0n) is 26.7. The van der Waals surface area contributed by atoms with Crippen molar-refractivity contribution in [3.63, 3.8) is 0 Å². The second kappa shape index (κ2) is 9.63. The number of benzene rings is 8. The number of hydrogen-bond donors (Lipinski definition) is 0. The third kappa shape index (κ3) is 3.38. The van der Waals surface area contributed by atoms with Crippen molar-refractivity contribution in [3.05, 3.63) is 152 Å².